The van der Waals surface area contributed by atoms with Crippen molar-refractivity contribution < 1.29 is 4.74 Å². The first kappa shape index (κ1) is 16.4. The van der Waals surface area contributed by atoms with Crippen LogP contribution in [-0.4, -0.2) is 42.8 Å². The minimum absolute atomic E-state index is 0.146. The predicted molar refractivity (Wildman–Crippen MR) is 87.2 cm³/mol. The van der Waals surface area contributed by atoms with Crippen LogP contribution >= 0.6 is 0 Å². The van der Waals surface area contributed by atoms with Crippen molar-refractivity contribution in [3.8, 4) is 0 Å². The van der Waals surface area contributed by atoms with Crippen LogP contribution in [0, 0.1) is 13.8 Å². The smallest absolute Gasteiger partial charge is 0.0872 e. The fourth-order valence-electron chi connectivity index (χ4n) is 2.89. The topological polar surface area (TPSA) is 50.5 Å². The van der Waals surface area contributed by atoms with Crippen LogP contribution in [0.5, 0.6) is 0 Å². The van der Waals surface area contributed by atoms with Crippen molar-refractivity contribution in [1.29, 1.82) is 0 Å². The number of hydrogen-bond donors (Lipinski definition) is 2. The molecule has 1 aliphatic heterocycles. The van der Waals surface area contributed by atoms with Crippen molar-refractivity contribution in [3.63, 3.8) is 0 Å². The van der Waals surface area contributed by atoms with Crippen molar-refractivity contribution >= 4 is 0 Å². The van der Waals surface area contributed by atoms with Gasteiger partial charge < -0.3 is 4.74 Å². The van der Waals surface area contributed by atoms with E-state index in [1.165, 1.54) is 16.7 Å². The van der Waals surface area contributed by atoms with Gasteiger partial charge in [-0.05, 0) is 50.8 Å². The number of hydrogen-bond acceptors (Lipinski definition) is 4. The lowest BCUT2D eigenvalue weighted by Gasteiger charge is -2.38. The third-order valence-electron chi connectivity index (χ3n) is 4.54. The molecule has 4 nitrogen and oxygen atoms in total. The molecule has 4 heteroatoms. The van der Waals surface area contributed by atoms with Gasteiger partial charge in [-0.1, -0.05) is 18.2 Å². The summed E-state index contributed by atoms with van der Waals surface area (Å²) in [6.45, 7) is 11.5. The van der Waals surface area contributed by atoms with Gasteiger partial charge in [0, 0.05) is 19.1 Å². The van der Waals surface area contributed by atoms with Gasteiger partial charge in [0.15, 0.2) is 0 Å². The minimum atomic E-state index is 0.146. The molecule has 0 saturated carbocycles. The van der Waals surface area contributed by atoms with Gasteiger partial charge in [0.25, 0.3) is 0 Å². The van der Waals surface area contributed by atoms with Crippen molar-refractivity contribution in [2.24, 2.45) is 5.84 Å². The summed E-state index contributed by atoms with van der Waals surface area (Å²) in [6.07, 6.45) is 1.04. The monoisotopic (exact) mass is 291 g/mol. The molecule has 0 radical (unpaired) electrons. The molecule has 0 bridgehead atoms. The molecule has 1 fully saturated rings. The Balaban J connectivity index is 2.03. The lowest BCUT2D eigenvalue weighted by atomic mass is 9.97. The van der Waals surface area contributed by atoms with Gasteiger partial charge in [0.1, 0.15) is 0 Å². The normalized spacial score (nSPS) is 21.7. The second-order valence-corrected chi connectivity index (χ2v) is 6.39. The van der Waals surface area contributed by atoms with Gasteiger partial charge in [-0.2, -0.15) is 0 Å². The van der Waals surface area contributed by atoms with Crippen molar-refractivity contribution in [2.75, 3.05) is 19.7 Å². The molecule has 1 aromatic carbocycles. The summed E-state index contributed by atoms with van der Waals surface area (Å²) in [5.74, 6) is 5.79. The Morgan fingerprint density at radius 3 is 2.71 bits per heavy atom. The highest BCUT2D eigenvalue weighted by atomic mass is 16.5. The first-order valence-electron chi connectivity index (χ1n) is 7.89. The van der Waals surface area contributed by atoms with E-state index in [1.807, 2.05) is 0 Å². The number of benzene rings is 1. The zero-order valence-corrected chi connectivity index (χ0v) is 13.7. The highest BCUT2D eigenvalue weighted by Gasteiger charge is 2.28. The second-order valence-electron chi connectivity index (χ2n) is 6.39. The van der Waals surface area contributed by atoms with Gasteiger partial charge >= 0.3 is 0 Å². The maximum absolute atomic E-state index is 5.95. The third kappa shape index (κ3) is 4.27. The molecule has 2 unspecified atom stereocenters. The fraction of sp³-hybridized carbons (Fsp3) is 0.647. The van der Waals surface area contributed by atoms with Crippen LogP contribution in [0.2, 0.25) is 0 Å². The van der Waals surface area contributed by atoms with Crippen molar-refractivity contribution in [1.82, 2.24) is 10.3 Å². The molecular weight excluding hydrogens is 262 g/mol. The summed E-state index contributed by atoms with van der Waals surface area (Å²) in [4.78, 5) is 2.46. The van der Waals surface area contributed by atoms with E-state index in [2.05, 4.69) is 56.2 Å². The van der Waals surface area contributed by atoms with E-state index < -0.39 is 0 Å². The number of aryl methyl sites for hydroxylation is 2. The maximum Gasteiger partial charge on any atom is 0.0872 e. The molecule has 0 spiro atoms. The average Bonchev–Trinajstić information content (AvgIpc) is 2.48. The first-order chi connectivity index (χ1) is 10.0. The van der Waals surface area contributed by atoms with Crippen LogP contribution in [0.4, 0.5) is 0 Å². The Morgan fingerprint density at radius 1 is 1.33 bits per heavy atom. The Labute approximate surface area is 128 Å². The van der Waals surface area contributed by atoms with Gasteiger partial charge in [-0.25, -0.2) is 0 Å². The summed E-state index contributed by atoms with van der Waals surface area (Å²) in [5, 5.41) is 0. The van der Waals surface area contributed by atoms with Gasteiger partial charge in [0.2, 0.25) is 0 Å². The van der Waals surface area contributed by atoms with E-state index in [0.717, 1.165) is 26.1 Å². The molecule has 0 amide bonds. The van der Waals surface area contributed by atoms with E-state index in [1.54, 1.807) is 0 Å². The van der Waals surface area contributed by atoms with Gasteiger partial charge in [-0.3, -0.25) is 16.2 Å². The Bertz CT molecular complexity index is 461. The molecule has 1 saturated heterocycles. The number of nitrogens with two attached hydrogens (primary N) is 1. The molecule has 118 valence electrons. The molecule has 1 aliphatic rings. The van der Waals surface area contributed by atoms with Crippen LogP contribution in [0.15, 0.2) is 18.2 Å². The molecular formula is C17H29N3O. The van der Waals surface area contributed by atoms with E-state index in [4.69, 9.17) is 10.6 Å². The molecule has 0 aliphatic carbocycles. The Hall–Kier alpha value is -0.940. The highest BCUT2D eigenvalue weighted by Crippen LogP contribution is 2.17. The maximum atomic E-state index is 5.95. The summed E-state index contributed by atoms with van der Waals surface area (Å²) in [5.41, 5.74) is 6.93. The van der Waals surface area contributed by atoms with Crippen LogP contribution in [0.1, 0.15) is 30.5 Å². The summed E-state index contributed by atoms with van der Waals surface area (Å²) in [7, 11) is 0. The zero-order chi connectivity index (χ0) is 15.4. The number of morpholine rings is 1. The standard InChI is InChI=1S/C17H29N3O/c1-12(2)20-7-8-21-17(11-20)16(19-18)10-15-6-5-13(3)14(4)9-15/h5-6,9,12,16-17,19H,7-8,10-11,18H2,1-4H3. The molecule has 1 aromatic rings. The number of nitrogens with zero attached hydrogens (tertiary/aromatic N) is 1. The fourth-order valence-corrected chi connectivity index (χ4v) is 2.89. The lowest BCUT2D eigenvalue weighted by Crippen LogP contribution is -2.56. The quantitative estimate of drug-likeness (QED) is 0.641. The zero-order valence-electron chi connectivity index (χ0n) is 13.7. The molecule has 21 heavy (non-hydrogen) atoms. The minimum Gasteiger partial charge on any atom is -0.374 e. The average molecular weight is 291 g/mol. The predicted octanol–water partition coefficient (Wildman–Crippen LogP) is 1.79. The largest absolute Gasteiger partial charge is 0.374 e. The van der Waals surface area contributed by atoms with Crippen LogP contribution in [-0.2, 0) is 11.2 Å². The molecule has 0 aromatic heterocycles. The molecule has 3 N–H and O–H groups in total. The highest BCUT2D eigenvalue weighted by molar-refractivity contribution is 5.30. The van der Waals surface area contributed by atoms with Crippen molar-refractivity contribution in [2.45, 2.75) is 52.3 Å². The number of hydrazine groups is 1. The van der Waals surface area contributed by atoms with Crippen LogP contribution in [0.3, 0.4) is 0 Å². The van der Waals surface area contributed by atoms with E-state index in [-0.39, 0.29) is 12.1 Å². The third-order valence-corrected chi connectivity index (χ3v) is 4.54. The molecule has 2 atom stereocenters. The summed E-state index contributed by atoms with van der Waals surface area (Å²) >= 11 is 0. The van der Waals surface area contributed by atoms with Crippen LogP contribution < -0.4 is 11.3 Å². The van der Waals surface area contributed by atoms with Gasteiger partial charge in [-0.15, -0.1) is 0 Å². The van der Waals surface area contributed by atoms with Crippen LogP contribution in [0.25, 0.3) is 0 Å². The summed E-state index contributed by atoms with van der Waals surface area (Å²) < 4.78 is 5.95. The number of ether oxygens (including phenoxy) is 1. The second kappa shape index (κ2) is 7.36. The summed E-state index contributed by atoms with van der Waals surface area (Å²) in [6, 6.07) is 7.32. The lowest BCUT2D eigenvalue weighted by molar-refractivity contribution is -0.0552. The molecule has 2 rings (SSSR count). The number of rotatable bonds is 5. The SMILES string of the molecule is Cc1ccc(CC(NN)C2CN(C(C)C)CCO2)cc1C. The Kier molecular flexibility index (Phi) is 5.76. The van der Waals surface area contributed by atoms with Crippen molar-refractivity contribution in [3.05, 3.63) is 34.9 Å². The first-order valence-corrected chi connectivity index (χ1v) is 7.89. The number of nitrogens with one attached hydrogen (secondary N) is 1. The van der Waals surface area contributed by atoms with Gasteiger partial charge in [0.05, 0.1) is 18.8 Å². The van der Waals surface area contributed by atoms with E-state index >= 15 is 0 Å². The Morgan fingerprint density at radius 2 is 2.10 bits per heavy atom. The van der Waals surface area contributed by atoms with E-state index in [9.17, 15) is 0 Å². The molecule has 1 heterocycles. The van der Waals surface area contributed by atoms with E-state index in [0.29, 0.717) is 6.04 Å².